The number of aromatic nitrogens is 5. The third-order valence-corrected chi connectivity index (χ3v) is 5.71. The van der Waals surface area contributed by atoms with E-state index in [2.05, 4.69) is 43.0 Å². The Morgan fingerprint density at radius 2 is 1.82 bits per heavy atom. The van der Waals surface area contributed by atoms with Gasteiger partial charge in [-0.1, -0.05) is 13.8 Å². The molecule has 4 heterocycles. The maximum Gasteiger partial charge on any atom is 0.180 e. The van der Waals surface area contributed by atoms with Gasteiger partial charge >= 0.3 is 0 Å². The van der Waals surface area contributed by atoms with Crippen molar-refractivity contribution in [2.24, 2.45) is 7.05 Å². The van der Waals surface area contributed by atoms with Crippen LogP contribution in [-0.4, -0.2) is 86.3 Å². The lowest BCUT2D eigenvalue weighted by molar-refractivity contribution is 0.206. The Balaban J connectivity index is 1.47. The number of anilines is 1. The first-order valence-corrected chi connectivity index (χ1v) is 10.2. The number of aryl methyl sites for hydroxylation is 1. The molecule has 0 amide bonds. The van der Waals surface area contributed by atoms with Gasteiger partial charge in [0.15, 0.2) is 11.5 Å². The normalized spacial score (nSPS) is 15.8. The van der Waals surface area contributed by atoms with Gasteiger partial charge in [0.2, 0.25) is 0 Å². The van der Waals surface area contributed by atoms with E-state index in [4.69, 9.17) is 4.98 Å². The van der Waals surface area contributed by atoms with E-state index in [1.165, 1.54) is 0 Å². The van der Waals surface area contributed by atoms with Crippen LogP contribution in [0.1, 0.15) is 13.8 Å². The van der Waals surface area contributed by atoms with Gasteiger partial charge in [-0.3, -0.25) is 14.0 Å². The molecule has 0 aliphatic carbocycles. The number of hydrogen-bond acceptors (Lipinski definition) is 6. The van der Waals surface area contributed by atoms with Crippen molar-refractivity contribution in [3.05, 3.63) is 31.0 Å². The fourth-order valence-corrected chi connectivity index (χ4v) is 3.90. The third-order valence-electron chi connectivity index (χ3n) is 5.71. The second-order valence-corrected chi connectivity index (χ2v) is 7.35. The second-order valence-electron chi connectivity index (χ2n) is 7.35. The van der Waals surface area contributed by atoms with Gasteiger partial charge in [-0.15, -0.1) is 0 Å². The lowest BCUT2D eigenvalue weighted by atomic mass is 10.2. The second kappa shape index (κ2) is 8.28. The quantitative estimate of drug-likeness (QED) is 0.619. The first-order valence-electron chi connectivity index (χ1n) is 10.2. The van der Waals surface area contributed by atoms with Crippen molar-refractivity contribution in [1.29, 1.82) is 0 Å². The fourth-order valence-electron chi connectivity index (χ4n) is 3.90. The average molecular weight is 383 g/mol. The Bertz CT molecular complexity index is 902. The van der Waals surface area contributed by atoms with Crippen molar-refractivity contribution in [2.75, 3.05) is 57.3 Å². The monoisotopic (exact) mass is 382 g/mol. The summed E-state index contributed by atoms with van der Waals surface area (Å²) in [4.78, 5) is 16.8. The fraction of sp³-hybridized carbons (Fsp3) is 0.550. The van der Waals surface area contributed by atoms with E-state index in [1.807, 2.05) is 42.7 Å². The highest BCUT2D eigenvalue weighted by Crippen LogP contribution is 2.25. The molecule has 8 heteroatoms. The summed E-state index contributed by atoms with van der Waals surface area (Å²) in [6.07, 6.45) is 9.66. The zero-order valence-corrected chi connectivity index (χ0v) is 17.1. The number of nitrogens with zero attached hydrogens (tertiary/aromatic N) is 8. The third kappa shape index (κ3) is 3.74. The average Bonchev–Trinajstić information content (AvgIpc) is 3.38. The van der Waals surface area contributed by atoms with Crippen molar-refractivity contribution in [2.45, 2.75) is 13.8 Å². The lowest BCUT2D eigenvalue weighted by Crippen LogP contribution is -2.48. The van der Waals surface area contributed by atoms with Gasteiger partial charge in [0.25, 0.3) is 0 Å². The molecule has 28 heavy (non-hydrogen) atoms. The van der Waals surface area contributed by atoms with Crippen molar-refractivity contribution < 1.29 is 0 Å². The summed E-state index contributed by atoms with van der Waals surface area (Å²) in [5.74, 6) is 0.973. The van der Waals surface area contributed by atoms with Crippen LogP contribution in [0.15, 0.2) is 31.0 Å². The Morgan fingerprint density at radius 3 is 2.50 bits per heavy atom. The SMILES string of the molecule is CCN(CC)CCN1CCN(c2ncc(-c3cnn(C)c3)n3ccnc23)CC1. The number of likely N-dealkylation sites (N-methyl/N-ethyl adjacent to an activating group) is 1. The molecule has 1 aliphatic heterocycles. The lowest BCUT2D eigenvalue weighted by Gasteiger charge is -2.36. The van der Waals surface area contributed by atoms with Gasteiger partial charge in [0.1, 0.15) is 0 Å². The molecule has 3 aromatic rings. The van der Waals surface area contributed by atoms with E-state index in [9.17, 15) is 0 Å². The van der Waals surface area contributed by atoms with Crippen LogP contribution >= 0.6 is 0 Å². The first-order chi connectivity index (χ1) is 13.7. The maximum absolute atomic E-state index is 4.79. The number of hydrogen-bond donors (Lipinski definition) is 0. The van der Waals surface area contributed by atoms with Gasteiger partial charge in [-0.2, -0.15) is 5.10 Å². The van der Waals surface area contributed by atoms with Crippen LogP contribution in [0, 0.1) is 0 Å². The molecule has 0 atom stereocenters. The number of imidazole rings is 1. The highest BCUT2D eigenvalue weighted by Gasteiger charge is 2.22. The summed E-state index contributed by atoms with van der Waals surface area (Å²) in [6, 6.07) is 0. The van der Waals surface area contributed by atoms with Crippen molar-refractivity contribution in [1.82, 2.24) is 33.9 Å². The molecule has 1 saturated heterocycles. The Hall–Kier alpha value is -2.45. The van der Waals surface area contributed by atoms with Gasteiger partial charge in [-0.25, -0.2) is 9.97 Å². The summed E-state index contributed by atoms with van der Waals surface area (Å²) in [6.45, 7) is 13.1. The molecule has 1 aliphatic rings. The van der Waals surface area contributed by atoms with Crippen molar-refractivity contribution in [3.63, 3.8) is 0 Å². The van der Waals surface area contributed by atoms with Gasteiger partial charge in [0, 0.05) is 70.5 Å². The van der Waals surface area contributed by atoms with Crippen LogP contribution in [0.2, 0.25) is 0 Å². The molecule has 0 bridgehead atoms. The minimum Gasteiger partial charge on any atom is -0.351 e. The van der Waals surface area contributed by atoms with E-state index in [1.54, 1.807) is 0 Å². The molecule has 0 unspecified atom stereocenters. The molecular weight excluding hydrogens is 352 g/mol. The van der Waals surface area contributed by atoms with Crippen LogP contribution in [-0.2, 0) is 7.05 Å². The van der Waals surface area contributed by atoms with E-state index in [0.29, 0.717) is 0 Å². The zero-order chi connectivity index (χ0) is 19.5. The molecule has 0 spiro atoms. The standard InChI is InChI=1S/C20H30N8/c1-4-25(5-2)8-9-26-10-12-27(13-11-26)19-20-21-6-7-28(20)18(15-22-19)17-14-23-24(3)16-17/h6-7,14-16H,4-5,8-13H2,1-3H3. The molecule has 0 aromatic carbocycles. The van der Waals surface area contributed by atoms with Crippen LogP contribution in [0.3, 0.4) is 0 Å². The summed E-state index contributed by atoms with van der Waals surface area (Å²) in [7, 11) is 1.93. The summed E-state index contributed by atoms with van der Waals surface area (Å²) >= 11 is 0. The largest absolute Gasteiger partial charge is 0.351 e. The molecular formula is C20H30N8. The molecule has 150 valence electrons. The van der Waals surface area contributed by atoms with E-state index in [0.717, 1.165) is 75.1 Å². The molecule has 0 radical (unpaired) electrons. The van der Waals surface area contributed by atoms with E-state index >= 15 is 0 Å². The van der Waals surface area contributed by atoms with Crippen LogP contribution in [0.5, 0.6) is 0 Å². The Morgan fingerprint density at radius 1 is 1.04 bits per heavy atom. The number of rotatable bonds is 7. The summed E-state index contributed by atoms with van der Waals surface area (Å²) in [5, 5.41) is 4.28. The molecule has 8 nitrogen and oxygen atoms in total. The zero-order valence-electron chi connectivity index (χ0n) is 17.1. The highest BCUT2D eigenvalue weighted by atomic mass is 15.3. The molecule has 0 saturated carbocycles. The van der Waals surface area contributed by atoms with Gasteiger partial charge in [-0.05, 0) is 13.1 Å². The van der Waals surface area contributed by atoms with Gasteiger partial charge < -0.3 is 9.80 Å². The van der Waals surface area contributed by atoms with Crippen molar-refractivity contribution >= 4 is 11.5 Å². The maximum atomic E-state index is 4.79. The van der Waals surface area contributed by atoms with Crippen LogP contribution < -0.4 is 4.90 Å². The molecule has 3 aromatic heterocycles. The number of piperazine rings is 1. The van der Waals surface area contributed by atoms with E-state index < -0.39 is 0 Å². The summed E-state index contributed by atoms with van der Waals surface area (Å²) < 4.78 is 3.93. The topological polar surface area (TPSA) is 57.7 Å². The van der Waals surface area contributed by atoms with Crippen LogP contribution in [0.25, 0.3) is 16.9 Å². The first kappa shape index (κ1) is 18.9. The number of fused-ring (bicyclic) bond motifs is 1. The molecule has 4 rings (SSSR count). The highest BCUT2D eigenvalue weighted by molar-refractivity contribution is 5.70. The minimum absolute atomic E-state index is 0.915. The smallest absolute Gasteiger partial charge is 0.180 e. The van der Waals surface area contributed by atoms with Crippen LogP contribution in [0.4, 0.5) is 5.82 Å². The predicted octanol–water partition coefficient (Wildman–Crippen LogP) is 1.59. The Labute approximate surface area is 166 Å². The van der Waals surface area contributed by atoms with Crippen molar-refractivity contribution in [3.8, 4) is 11.3 Å². The van der Waals surface area contributed by atoms with E-state index in [-0.39, 0.29) is 0 Å². The van der Waals surface area contributed by atoms with Gasteiger partial charge in [0.05, 0.1) is 18.1 Å². The predicted molar refractivity (Wildman–Crippen MR) is 112 cm³/mol. The molecule has 0 N–H and O–H groups in total. The Kier molecular flexibility index (Phi) is 5.59. The minimum atomic E-state index is 0.915. The summed E-state index contributed by atoms with van der Waals surface area (Å²) in [5.41, 5.74) is 2.98. The molecule has 1 fully saturated rings.